The minimum atomic E-state index is -0.547. The highest BCUT2D eigenvalue weighted by Gasteiger charge is 2.43. The van der Waals surface area contributed by atoms with Crippen LogP contribution in [0.3, 0.4) is 0 Å². The molecule has 1 amide bonds. The van der Waals surface area contributed by atoms with E-state index in [1.165, 1.54) is 0 Å². The van der Waals surface area contributed by atoms with E-state index in [2.05, 4.69) is 37.3 Å². The minimum absolute atomic E-state index is 0.301. The number of fused-ring (bicyclic) bond motifs is 1. The Morgan fingerprint density at radius 3 is 2.69 bits per heavy atom. The molecule has 1 aliphatic carbocycles. The lowest BCUT2D eigenvalue weighted by Crippen LogP contribution is -2.27. The van der Waals surface area contributed by atoms with E-state index in [0.29, 0.717) is 17.5 Å². The Kier molecular flexibility index (Phi) is 5.02. The van der Waals surface area contributed by atoms with Gasteiger partial charge in [-0.25, -0.2) is 14.8 Å². The van der Waals surface area contributed by atoms with Crippen LogP contribution in [0.1, 0.15) is 56.2 Å². The summed E-state index contributed by atoms with van der Waals surface area (Å²) in [4.78, 5) is 25.9. The molecular formula is C22H23BrN4O2. The number of anilines is 1. The van der Waals surface area contributed by atoms with Gasteiger partial charge in [0.1, 0.15) is 11.4 Å². The smallest absolute Gasteiger partial charge is 0.412 e. The summed E-state index contributed by atoms with van der Waals surface area (Å²) in [7, 11) is 0. The minimum Gasteiger partial charge on any atom is -0.444 e. The number of nitrogens with zero attached hydrogens (tertiary/aromatic N) is 3. The predicted octanol–water partition coefficient (Wildman–Crippen LogP) is 5.71. The Hall–Kier alpha value is -2.54. The van der Waals surface area contributed by atoms with Crippen molar-refractivity contribution in [2.45, 2.75) is 51.6 Å². The molecule has 1 fully saturated rings. The Balaban J connectivity index is 1.58. The summed E-state index contributed by atoms with van der Waals surface area (Å²) in [6.45, 7) is 7.48. The zero-order chi connectivity index (χ0) is 20.8. The van der Waals surface area contributed by atoms with Crippen LogP contribution in [0.4, 0.5) is 10.5 Å². The molecule has 1 aromatic carbocycles. The molecule has 0 radical (unpaired) electrons. The van der Waals surface area contributed by atoms with Crippen LogP contribution in [-0.2, 0) is 4.74 Å². The molecule has 0 bridgehead atoms. The van der Waals surface area contributed by atoms with Crippen molar-refractivity contribution in [1.29, 1.82) is 0 Å². The molecule has 6 nitrogen and oxygen atoms in total. The summed E-state index contributed by atoms with van der Waals surface area (Å²) in [6, 6.07) is 9.64. The molecule has 2 aromatic heterocycles. The quantitative estimate of drug-likeness (QED) is 0.547. The molecule has 1 saturated carbocycles. The fourth-order valence-electron chi connectivity index (χ4n) is 3.35. The number of ether oxygens (including phenoxy) is 1. The fourth-order valence-corrected chi connectivity index (χ4v) is 3.92. The van der Waals surface area contributed by atoms with Gasteiger partial charge in [0.05, 0.1) is 5.52 Å². The molecular weight excluding hydrogens is 432 g/mol. The molecule has 7 heteroatoms. The largest absolute Gasteiger partial charge is 0.444 e. The molecule has 1 aliphatic rings. The van der Waals surface area contributed by atoms with Crippen LogP contribution in [0.15, 0.2) is 41.0 Å². The van der Waals surface area contributed by atoms with E-state index >= 15 is 0 Å². The predicted molar refractivity (Wildman–Crippen MR) is 116 cm³/mol. The second-order valence-corrected chi connectivity index (χ2v) is 9.25. The first-order chi connectivity index (χ1) is 13.7. The number of amides is 1. The molecule has 0 spiro atoms. The lowest BCUT2D eigenvalue weighted by molar-refractivity contribution is 0.0636. The normalized spacial score (nSPS) is 18.5. The summed E-state index contributed by atoms with van der Waals surface area (Å²) in [6.07, 6.45) is 2.32. The first kappa shape index (κ1) is 19.8. The van der Waals surface area contributed by atoms with Crippen molar-refractivity contribution in [2.75, 3.05) is 5.32 Å². The number of hydrogen-bond acceptors (Lipinski definition) is 5. The maximum absolute atomic E-state index is 12.1. The summed E-state index contributed by atoms with van der Waals surface area (Å²) in [5.41, 5.74) is 2.91. The van der Waals surface area contributed by atoms with Gasteiger partial charge >= 0.3 is 6.09 Å². The van der Waals surface area contributed by atoms with Gasteiger partial charge in [0.2, 0.25) is 0 Å². The van der Waals surface area contributed by atoms with Crippen LogP contribution in [0.5, 0.6) is 0 Å². The molecule has 1 N–H and O–H groups in total. The van der Waals surface area contributed by atoms with Crippen molar-refractivity contribution in [3.63, 3.8) is 0 Å². The number of hydrogen-bond donors (Lipinski definition) is 1. The summed E-state index contributed by atoms with van der Waals surface area (Å²) in [5.74, 6) is 1.49. The van der Waals surface area contributed by atoms with Crippen molar-refractivity contribution in [3.8, 4) is 0 Å². The first-order valence-electron chi connectivity index (χ1n) is 9.59. The third-order valence-electron chi connectivity index (χ3n) is 4.74. The summed E-state index contributed by atoms with van der Waals surface area (Å²) in [5, 5.41) is 3.77. The van der Waals surface area contributed by atoms with Crippen LogP contribution < -0.4 is 5.32 Å². The number of aromatic nitrogens is 3. The second-order valence-electron chi connectivity index (χ2n) is 8.39. The SMILES string of the molecule is Cc1ccnc([C@H]2C[C@@H]2c2cc(Br)c3ccc(NC(=O)OC(C)(C)C)cc3n2)n1. The van der Waals surface area contributed by atoms with E-state index in [1.54, 1.807) is 0 Å². The Morgan fingerprint density at radius 2 is 1.97 bits per heavy atom. The van der Waals surface area contributed by atoms with Crippen LogP contribution in [0.25, 0.3) is 10.9 Å². The van der Waals surface area contributed by atoms with Gasteiger partial charge in [-0.1, -0.05) is 15.9 Å². The number of halogens is 1. The Morgan fingerprint density at radius 1 is 1.17 bits per heavy atom. The average Bonchev–Trinajstić information content (AvgIpc) is 3.40. The summed E-state index contributed by atoms with van der Waals surface area (Å²) >= 11 is 3.66. The number of benzene rings is 1. The monoisotopic (exact) mass is 454 g/mol. The van der Waals surface area contributed by atoms with Crippen LogP contribution in [-0.4, -0.2) is 26.6 Å². The van der Waals surface area contributed by atoms with Gasteiger partial charge in [0, 0.05) is 45.0 Å². The van der Waals surface area contributed by atoms with Gasteiger partial charge in [-0.3, -0.25) is 10.3 Å². The van der Waals surface area contributed by atoms with Crippen molar-refractivity contribution >= 4 is 38.6 Å². The lowest BCUT2D eigenvalue weighted by Gasteiger charge is -2.19. The van der Waals surface area contributed by atoms with Crippen molar-refractivity contribution < 1.29 is 9.53 Å². The molecule has 2 heterocycles. The number of nitrogens with one attached hydrogen (secondary N) is 1. The zero-order valence-corrected chi connectivity index (χ0v) is 18.4. The highest BCUT2D eigenvalue weighted by atomic mass is 79.9. The highest BCUT2D eigenvalue weighted by molar-refractivity contribution is 9.10. The van der Waals surface area contributed by atoms with E-state index in [9.17, 15) is 4.79 Å². The van der Waals surface area contributed by atoms with Crippen LogP contribution in [0.2, 0.25) is 0 Å². The van der Waals surface area contributed by atoms with Gasteiger partial charge in [-0.15, -0.1) is 0 Å². The van der Waals surface area contributed by atoms with Crippen LogP contribution in [0, 0.1) is 6.92 Å². The highest BCUT2D eigenvalue weighted by Crippen LogP contribution is 2.53. The third kappa shape index (κ3) is 4.56. The third-order valence-corrected chi connectivity index (χ3v) is 5.40. The van der Waals surface area contributed by atoms with Gasteiger partial charge in [0.15, 0.2) is 0 Å². The number of rotatable bonds is 3. The maximum atomic E-state index is 12.1. The molecule has 0 aliphatic heterocycles. The van der Waals surface area contributed by atoms with Gasteiger partial charge in [-0.05, 0) is 64.4 Å². The zero-order valence-electron chi connectivity index (χ0n) is 16.9. The van der Waals surface area contributed by atoms with E-state index < -0.39 is 11.7 Å². The molecule has 2 atom stereocenters. The molecule has 29 heavy (non-hydrogen) atoms. The van der Waals surface area contributed by atoms with Gasteiger partial charge < -0.3 is 4.74 Å². The number of carbonyl (C=O) groups excluding carboxylic acids is 1. The fraction of sp³-hybridized carbons (Fsp3) is 0.364. The first-order valence-corrected chi connectivity index (χ1v) is 10.4. The van der Waals surface area contributed by atoms with E-state index in [1.807, 2.05) is 58.2 Å². The van der Waals surface area contributed by atoms with E-state index in [0.717, 1.165) is 39.0 Å². The molecule has 4 rings (SSSR count). The second kappa shape index (κ2) is 7.37. The molecule has 0 unspecified atom stereocenters. The van der Waals surface area contributed by atoms with Crippen LogP contribution >= 0.6 is 15.9 Å². The van der Waals surface area contributed by atoms with Crippen molar-refractivity contribution in [2.24, 2.45) is 0 Å². The van der Waals surface area contributed by atoms with Gasteiger partial charge in [0.25, 0.3) is 0 Å². The van der Waals surface area contributed by atoms with Crippen molar-refractivity contribution in [1.82, 2.24) is 15.0 Å². The van der Waals surface area contributed by atoms with E-state index in [-0.39, 0.29) is 0 Å². The maximum Gasteiger partial charge on any atom is 0.412 e. The number of pyridine rings is 1. The standard InChI is InChI=1S/C22H23BrN4O2/c1-12-7-8-24-20(25-12)16-10-15(16)19-11-17(23)14-6-5-13(9-18(14)27-19)26-21(28)29-22(2,3)4/h5-9,11,15-16H,10H2,1-4H3,(H,26,28)/t15-,16-/m0/s1. The topological polar surface area (TPSA) is 77.0 Å². The number of aryl methyl sites for hydroxylation is 1. The van der Waals surface area contributed by atoms with Crippen molar-refractivity contribution in [3.05, 3.63) is 58.2 Å². The molecule has 3 aromatic rings. The Labute approximate surface area is 178 Å². The van der Waals surface area contributed by atoms with E-state index in [4.69, 9.17) is 9.72 Å². The number of carbonyl (C=O) groups is 1. The lowest BCUT2D eigenvalue weighted by atomic mass is 10.1. The average molecular weight is 455 g/mol. The molecule has 150 valence electrons. The van der Waals surface area contributed by atoms with Gasteiger partial charge in [-0.2, -0.15) is 0 Å². The summed E-state index contributed by atoms with van der Waals surface area (Å²) < 4.78 is 6.31. The molecule has 0 saturated heterocycles. The Bertz CT molecular complexity index is 1090.